The van der Waals surface area contributed by atoms with Crippen LogP contribution >= 0.6 is 11.3 Å². The number of aliphatic hydroxyl groups excluding tert-OH is 2. The monoisotopic (exact) mass is 148 g/mol. The summed E-state index contributed by atoms with van der Waals surface area (Å²) in [6, 6.07) is 4.04. The van der Waals surface area contributed by atoms with Gasteiger partial charge in [0.25, 0.3) is 0 Å². The second-order valence-corrected chi connectivity index (χ2v) is 1.61. The molecule has 0 radical (unpaired) electrons. The van der Waals surface area contributed by atoms with Crippen LogP contribution in [-0.2, 0) is 0 Å². The van der Waals surface area contributed by atoms with Crippen molar-refractivity contribution in [1.29, 1.82) is 0 Å². The number of thiophene rings is 1. The minimum Gasteiger partial charge on any atom is -0.400 e. The lowest BCUT2D eigenvalue weighted by atomic mass is 10.7. The summed E-state index contributed by atoms with van der Waals surface area (Å²) < 4.78 is 0. The van der Waals surface area contributed by atoms with Gasteiger partial charge in [0.05, 0.1) is 0 Å². The van der Waals surface area contributed by atoms with Crippen molar-refractivity contribution in [2.45, 2.75) is 0 Å². The van der Waals surface area contributed by atoms with Crippen LogP contribution in [0, 0.1) is 0 Å². The Kier molecular flexibility index (Phi) is 19.9. The third-order valence-corrected chi connectivity index (χ3v) is 1.05. The van der Waals surface area contributed by atoms with Crippen LogP contribution in [-0.4, -0.2) is 24.4 Å². The number of aliphatic hydroxyl groups is 2. The summed E-state index contributed by atoms with van der Waals surface area (Å²) in [5, 5.41) is 18.1. The highest BCUT2D eigenvalue weighted by molar-refractivity contribution is 7.07. The molecular weight excluding hydrogens is 136 g/mol. The van der Waals surface area contributed by atoms with Crippen LogP contribution in [0.1, 0.15) is 0 Å². The molecule has 54 valence electrons. The largest absolute Gasteiger partial charge is 0.400 e. The standard InChI is InChI=1S/C4H4S.2CH4O/c1-2-4-5-3-1;2*1-2/h1-4H;2*2H,1H3. The predicted molar refractivity (Wildman–Crippen MR) is 40.6 cm³/mol. The lowest BCUT2D eigenvalue weighted by Crippen LogP contribution is -1.25. The Morgan fingerprint density at radius 2 is 1.22 bits per heavy atom. The van der Waals surface area contributed by atoms with Gasteiger partial charge >= 0.3 is 0 Å². The fraction of sp³-hybridized carbons (Fsp3) is 0.333. The molecule has 0 spiro atoms. The Morgan fingerprint density at radius 3 is 1.33 bits per heavy atom. The molecule has 0 aliphatic rings. The van der Waals surface area contributed by atoms with E-state index in [4.69, 9.17) is 10.2 Å². The van der Waals surface area contributed by atoms with Crippen molar-refractivity contribution >= 4 is 11.3 Å². The second-order valence-electron chi connectivity index (χ2n) is 0.793. The molecular formula is C6H12O2S. The van der Waals surface area contributed by atoms with Crippen molar-refractivity contribution < 1.29 is 10.2 Å². The fourth-order valence-electron chi connectivity index (χ4n) is 0.227. The van der Waals surface area contributed by atoms with Gasteiger partial charge in [-0.1, -0.05) is 12.1 Å². The van der Waals surface area contributed by atoms with Gasteiger partial charge in [0.2, 0.25) is 0 Å². The lowest BCUT2D eigenvalue weighted by Gasteiger charge is -1.39. The summed E-state index contributed by atoms with van der Waals surface area (Å²) in [7, 11) is 2.00. The van der Waals surface area contributed by atoms with E-state index in [0.717, 1.165) is 14.2 Å². The minimum atomic E-state index is 1.00. The Labute approximate surface area is 59.4 Å². The molecule has 0 atom stereocenters. The Bertz CT molecular complexity index is 67.5. The minimum absolute atomic E-state index is 1.00. The summed E-state index contributed by atoms with van der Waals surface area (Å²) in [6.45, 7) is 0. The lowest BCUT2D eigenvalue weighted by molar-refractivity contribution is 0.399. The Hall–Kier alpha value is -0.380. The van der Waals surface area contributed by atoms with Gasteiger partial charge in [-0.15, -0.1) is 0 Å². The number of hydrogen-bond acceptors (Lipinski definition) is 3. The molecule has 2 N–H and O–H groups in total. The Balaban J connectivity index is 0. The summed E-state index contributed by atoms with van der Waals surface area (Å²) in [5.41, 5.74) is 0. The van der Waals surface area contributed by atoms with E-state index >= 15 is 0 Å². The van der Waals surface area contributed by atoms with Gasteiger partial charge in [-0.2, -0.15) is 11.3 Å². The van der Waals surface area contributed by atoms with E-state index in [1.807, 2.05) is 22.9 Å². The normalized spacial score (nSPS) is 5.78. The van der Waals surface area contributed by atoms with E-state index in [1.165, 1.54) is 0 Å². The number of rotatable bonds is 0. The zero-order valence-corrected chi connectivity index (χ0v) is 6.43. The average Bonchev–Trinajstić information content (AvgIpc) is 2.51. The van der Waals surface area contributed by atoms with E-state index < -0.39 is 0 Å². The molecule has 2 nitrogen and oxygen atoms in total. The maximum atomic E-state index is 7.00. The van der Waals surface area contributed by atoms with Crippen LogP contribution in [0.25, 0.3) is 0 Å². The van der Waals surface area contributed by atoms with Crippen LogP contribution in [0.2, 0.25) is 0 Å². The van der Waals surface area contributed by atoms with E-state index in [9.17, 15) is 0 Å². The molecule has 0 saturated carbocycles. The fourth-order valence-corrected chi connectivity index (χ4v) is 0.680. The zero-order valence-electron chi connectivity index (χ0n) is 5.61. The molecule has 3 heteroatoms. The first-order valence-electron chi connectivity index (χ1n) is 2.37. The maximum absolute atomic E-state index is 7.00. The molecule has 0 amide bonds. The van der Waals surface area contributed by atoms with Crippen molar-refractivity contribution in [3.8, 4) is 0 Å². The van der Waals surface area contributed by atoms with Gasteiger partial charge in [-0.25, -0.2) is 0 Å². The molecule has 1 heterocycles. The topological polar surface area (TPSA) is 40.5 Å². The van der Waals surface area contributed by atoms with Crippen LogP contribution in [0.15, 0.2) is 22.9 Å². The van der Waals surface area contributed by atoms with Crippen molar-refractivity contribution in [3.63, 3.8) is 0 Å². The molecule has 1 rings (SSSR count). The van der Waals surface area contributed by atoms with Gasteiger partial charge in [0.1, 0.15) is 0 Å². The highest BCUT2D eigenvalue weighted by Gasteiger charge is 1.58. The van der Waals surface area contributed by atoms with Gasteiger partial charge in [0, 0.05) is 14.2 Å². The van der Waals surface area contributed by atoms with Crippen molar-refractivity contribution in [2.24, 2.45) is 0 Å². The smallest absolute Gasteiger partial charge is 0.0319 e. The molecule has 0 aromatic carbocycles. The van der Waals surface area contributed by atoms with E-state index in [2.05, 4.69) is 0 Å². The first-order chi connectivity index (χ1) is 4.50. The average molecular weight is 148 g/mol. The van der Waals surface area contributed by atoms with Crippen molar-refractivity contribution in [3.05, 3.63) is 22.9 Å². The van der Waals surface area contributed by atoms with Gasteiger partial charge < -0.3 is 10.2 Å². The highest BCUT2D eigenvalue weighted by atomic mass is 32.1. The molecule has 0 aliphatic heterocycles. The SMILES string of the molecule is CO.CO.c1ccsc1. The summed E-state index contributed by atoms with van der Waals surface area (Å²) >= 11 is 1.71. The second kappa shape index (κ2) is 15.6. The van der Waals surface area contributed by atoms with Gasteiger partial charge in [0.15, 0.2) is 0 Å². The molecule has 0 aliphatic carbocycles. The van der Waals surface area contributed by atoms with E-state index in [-0.39, 0.29) is 0 Å². The molecule has 9 heavy (non-hydrogen) atoms. The quantitative estimate of drug-likeness (QED) is 0.575. The molecule has 1 aromatic heterocycles. The Morgan fingerprint density at radius 1 is 0.889 bits per heavy atom. The van der Waals surface area contributed by atoms with E-state index in [1.54, 1.807) is 11.3 Å². The number of hydrogen-bond donors (Lipinski definition) is 2. The molecule has 0 saturated heterocycles. The summed E-state index contributed by atoms with van der Waals surface area (Å²) in [4.78, 5) is 0. The van der Waals surface area contributed by atoms with Crippen LogP contribution in [0.3, 0.4) is 0 Å². The highest BCUT2D eigenvalue weighted by Crippen LogP contribution is 1.91. The van der Waals surface area contributed by atoms with Crippen LogP contribution < -0.4 is 0 Å². The van der Waals surface area contributed by atoms with E-state index in [0.29, 0.717) is 0 Å². The van der Waals surface area contributed by atoms with Crippen LogP contribution in [0.4, 0.5) is 0 Å². The molecule has 1 aromatic rings. The molecule has 0 bridgehead atoms. The van der Waals surface area contributed by atoms with Crippen LogP contribution in [0.5, 0.6) is 0 Å². The molecule has 0 unspecified atom stereocenters. The summed E-state index contributed by atoms with van der Waals surface area (Å²) in [5.74, 6) is 0. The first kappa shape index (κ1) is 11.4. The maximum Gasteiger partial charge on any atom is 0.0319 e. The van der Waals surface area contributed by atoms with Crippen molar-refractivity contribution in [2.75, 3.05) is 14.2 Å². The van der Waals surface area contributed by atoms with Gasteiger partial charge in [-0.3, -0.25) is 0 Å². The third-order valence-electron chi connectivity index (χ3n) is 0.425. The zero-order chi connectivity index (χ0) is 7.54. The molecule has 0 fully saturated rings. The summed E-state index contributed by atoms with van der Waals surface area (Å²) in [6.07, 6.45) is 0. The van der Waals surface area contributed by atoms with Gasteiger partial charge in [-0.05, 0) is 10.8 Å². The third kappa shape index (κ3) is 11.3. The predicted octanol–water partition coefficient (Wildman–Crippen LogP) is 0.965. The first-order valence-corrected chi connectivity index (χ1v) is 3.31. The van der Waals surface area contributed by atoms with Crippen molar-refractivity contribution in [1.82, 2.24) is 0 Å².